The first-order valence-corrected chi connectivity index (χ1v) is 18.0. The molecule has 5 aliphatic rings. The molecule has 1 aromatic rings. The number of carbonyl (C=O) groups excluding carboxylic acids is 4. The number of phenolic OH excluding ortho intramolecular Hbond substituents is 1. The van der Waals surface area contributed by atoms with Crippen molar-refractivity contribution in [1.82, 2.24) is 15.1 Å². The Bertz CT molecular complexity index is 1580. The number of amides is 1. The van der Waals surface area contributed by atoms with Gasteiger partial charge in [0, 0.05) is 47.9 Å². The molecule has 0 bridgehead atoms. The number of carbonyl (C=O) groups is 4. The van der Waals surface area contributed by atoms with E-state index in [-0.39, 0.29) is 30.0 Å². The van der Waals surface area contributed by atoms with Crippen molar-refractivity contribution in [3.8, 4) is 5.75 Å². The van der Waals surface area contributed by atoms with E-state index >= 15 is 0 Å². The SMILES string of the molecule is CCC(=O)O[C@H]1[C@H]2C(=C(O)[C@]3(O)C(=O)C(C(=O)NCN4CCOCC4)=C(O)[C@@H](N(C)C)[C@H]13)C(=O)c1c(O)cccc1[C@@H]2CSC1CCCC1. The number of ether oxygens (including phenoxy) is 2. The van der Waals surface area contributed by atoms with Gasteiger partial charge < -0.3 is 35.2 Å². The Morgan fingerprint density at radius 1 is 1.12 bits per heavy atom. The van der Waals surface area contributed by atoms with Gasteiger partial charge in [-0.1, -0.05) is 31.9 Å². The lowest BCUT2D eigenvalue weighted by atomic mass is 9.55. The molecular formula is C35H45N3O10S. The summed E-state index contributed by atoms with van der Waals surface area (Å²) < 4.78 is 11.4. The average Bonchev–Trinajstić information content (AvgIpc) is 3.60. The summed E-state index contributed by atoms with van der Waals surface area (Å²) in [4.78, 5) is 59.0. The van der Waals surface area contributed by atoms with E-state index < -0.39 is 76.0 Å². The number of hydrogen-bond acceptors (Lipinski definition) is 13. The van der Waals surface area contributed by atoms with Gasteiger partial charge in [0.1, 0.15) is 28.9 Å². The largest absolute Gasteiger partial charge is 0.510 e. The fourth-order valence-electron chi connectivity index (χ4n) is 8.26. The number of thioether (sulfide) groups is 1. The first-order chi connectivity index (χ1) is 23.4. The molecule has 0 spiro atoms. The van der Waals surface area contributed by atoms with Gasteiger partial charge in [0.05, 0.1) is 37.4 Å². The van der Waals surface area contributed by atoms with Crippen LogP contribution in [0, 0.1) is 11.8 Å². The maximum atomic E-state index is 14.5. The highest BCUT2D eigenvalue weighted by molar-refractivity contribution is 7.99. The smallest absolute Gasteiger partial charge is 0.305 e. The molecule has 2 fully saturated rings. The molecule has 1 aromatic carbocycles. The summed E-state index contributed by atoms with van der Waals surface area (Å²) in [6.45, 7) is 3.59. The fraction of sp³-hybridized carbons (Fsp3) is 0.600. The number of benzene rings is 1. The van der Waals surface area contributed by atoms with E-state index in [1.54, 1.807) is 44.9 Å². The van der Waals surface area contributed by atoms with Gasteiger partial charge in [0.25, 0.3) is 5.91 Å². The fourth-order valence-corrected chi connectivity index (χ4v) is 9.79. The van der Waals surface area contributed by atoms with Crippen molar-refractivity contribution in [2.45, 2.75) is 67.9 Å². The topological polar surface area (TPSA) is 186 Å². The standard InChI is InChI=1S/C35H45N3O10S/c1-4-22(40)48-31-24-20(16-49-18-8-5-6-9-18)19-10-7-11-21(39)23(19)29(41)25(24)32(43)35(46)27(31)28(37(2)3)30(42)26(33(35)44)34(45)36-17-38-12-14-47-15-13-38/h7,10-11,18,20,24,27-28,31,39,42-43,46H,4-6,8-9,12-17H2,1-3H3,(H,36,45)/t20-,24+,27+,28-,31-,35-/m0/s1. The Morgan fingerprint density at radius 3 is 2.47 bits per heavy atom. The Balaban J connectivity index is 1.51. The van der Waals surface area contributed by atoms with Crippen molar-refractivity contribution in [2.75, 3.05) is 52.8 Å². The molecule has 1 amide bonds. The number of nitrogens with zero attached hydrogens (tertiary/aromatic N) is 2. The highest BCUT2D eigenvalue weighted by atomic mass is 32.2. The quantitative estimate of drug-likeness (QED) is 0.187. The number of aliphatic hydroxyl groups is 3. The molecule has 1 heterocycles. The summed E-state index contributed by atoms with van der Waals surface area (Å²) in [5.74, 6) is -8.44. The number of likely N-dealkylation sites (N-methyl/N-ethyl adjacent to an activating group) is 1. The number of ketones is 2. The van der Waals surface area contributed by atoms with Gasteiger partial charge in [-0.2, -0.15) is 11.8 Å². The van der Waals surface area contributed by atoms with Crippen LogP contribution in [0.2, 0.25) is 0 Å². The molecule has 0 radical (unpaired) electrons. The van der Waals surface area contributed by atoms with Gasteiger partial charge in [-0.25, -0.2) is 0 Å². The summed E-state index contributed by atoms with van der Waals surface area (Å²) >= 11 is 1.70. The number of rotatable bonds is 9. The third-order valence-electron chi connectivity index (χ3n) is 10.7. The number of phenols is 1. The van der Waals surface area contributed by atoms with Gasteiger partial charge in [-0.3, -0.25) is 29.0 Å². The van der Waals surface area contributed by atoms with E-state index in [0.717, 1.165) is 25.7 Å². The van der Waals surface area contributed by atoms with Gasteiger partial charge in [-0.15, -0.1) is 0 Å². The lowest BCUT2D eigenvalue weighted by Crippen LogP contribution is -2.69. The van der Waals surface area contributed by atoms with Crippen molar-refractivity contribution in [1.29, 1.82) is 0 Å². The van der Waals surface area contributed by atoms with Crippen molar-refractivity contribution >= 4 is 35.2 Å². The van der Waals surface area contributed by atoms with Gasteiger partial charge in [0.2, 0.25) is 5.78 Å². The molecule has 14 heteroatoms. The molecule has 6 rings (SSSR count). The minimum absolute atomic E-state index is 0.0293. The molecule has 13 nitrogen and oxygen atoms in total. The van der Waals surface area contributed by atoms with Crippen LogP contribution in [-0.4, -0.2) is 129 Å². The van der Waals surface area contributed by atoms with Crippen molar-refractivity contribution < 1.29 is 49.1 Å². The number of fused-ring (bicyclic) bond motifs is 3. The lowest BCUT2D eigenvalue weighted by Gasteiger charge is -2.54. The Hall–Kier alpha value is -3.43. The molecule has 266 valence electrons. The van der Waals surface area contributed by atoms with Gasteiger partial charge in [0.15, 0.2) is 11.4 Å². The van der Waals surface area contributed by atoms with Crippen LogP contribution >= 0.6 is 11.8 Å². The minimum atomic E-state index is -2.95. The number of esters is 1. The van der Waals surface area contributed by atoms with Crippen molar-refractivity contribution in [2.24, 2.45) is 11.8 Å². The van der Waals surface area contributed by atoms with Gasteiger partial charge in [-0.05, 0) is 38.6 Å². The Kier molecular flexibility index (Phi) is 10.2. The van der Waals surface area contributed by atoms with Crippen LogP contribution in [0.5, 0.6) is 5.75 Å². The lowest BCUT2D eigenvalue weighted by molar-refractivity contribution is -0.180. The van der Waals surface area contributed by atoms with E-state index in [4.69, 9.17) is 9.47 Å². The Labute approximate surface area is 289 Å². The second-order valence-corrected chi connectivity index (χ2v) is 15.0. The van der Waals surface area contributed by atoms with Crippen LogP contribution in [0.4, 0.5) is 0 Å². The zero-order chi connectivity index (χ0) is 35.2. The maximum absolute atomic E-state index is 14.5. The number of aliphatic hydroxyl groups excluding tert-OH is 2. The summed E-state index contributed by atoms with van der Waals surface area (Å²) in [7, 11) is 3.14. The number of morpholine rings is 1. The van der Waals surface area contributed by atoms with Gasteiger partial charge >= 0.3 is 5.97 Å². The highest BCUT2D eigenvalue weighted by Gasteiger charge is 2.69. The molecule has 1 aliphatic heterocycles. The number of Topliss-reactive ketones (excluding diaryl/α,β-unsaturated/α-hetero) is 2. The molecule has 6 atom stereocenters. The van der Waals surface area contributed by atoms with Crippen LogP contribution in [-0.2, 0) is 23.9 Å². The Morgan fingerprint density at radius 2 is 1.82 bits per heavy atom. The number of aromatic hydroxyl groups is 1. The predicted octanol–water partition coefficient (Wildman–Crippen LogP) is 2.19. The molecule has 5 N–H and O–H groups in total. The first kappa shape index (κ1) is 35.4. The van der Waals surface area contributed by atoms with E-state index in [1.165, 1.54) is 11.0 Å². The molecule has 4 aliphatic carbocycles. The third kappa shape index (κ3) is 6.05. The number of nitrogens with one attached hydrogen (secondary N) is 1. The van der Waals surface area contributed by atoms with Crippen molar-refractivity contribution in [3.05, 3.63) is 52.0 Å². The summed E-state index contributed by atoms with van der Waals surface area (Å²) in [5, 5.41) is 50.4. The normalized spacial score (nSPS) is 30.7. The average molecular weight is 700 g/mol. The molecular weight excluding hydrogens is 654 g/mol. The van der Waals surface area contributed by atoms with E-state index in [9.17, 15) is 39.6 Å². The maximum Gasteiger partial charge on any atom is 0.305 e. The second-order valence-electron chi connectivity index (χ2n) is 13.7. The molecule has 1 saturated carbocycles. The summed E-state index contributed by atoms with van der Waals surface area (Å²) in [6, 6.07) is 3.41. The van der Waals surface area contributed by atoms with Crippen LogP contribution in [0.1, 0.15) is 60.9 Å². The minimum Gasteiger partial charge on any atom is -0.510 e. The molecule has 49 heavy (non-hydrogen) atoms. The monoisotopic (exact) mass is 699 g/mol. The van der Waals surface area contributed by atoms with Crippen molar-refractivity contribution in [3.63, 3.8) is 0 Å². The van der Waals surface area contributed by atoms with E-state index in [1.807, 2.05) is 4.90 Å². The number of hydrogen-bond donors (Lipinski definition) is 5. The van der Waals surface area contributed by atoms with E-state index in [2.05, 4.69) is 5.32 Å². The highest BCUT2D eigenvalue weighted by Crippen LogP contribution is 2.57. The van der Waals surface area contributed by atoms with Crippen LogP contribution < -0.4 is 5.32 Å². The van der Waals surface area contributed by atoms with Crippen LogP contribution in [0.25, 0.3) is 0 Å². The predicted molar refractivity (Wildman–Crippen MR) is 179 cm³/mol. The van der Waals surface area contributed by atoms with E-state index in [0.29, 0.717) is 42.9 Å². The second kappa shape index (κ2) is 14.1. The molecule has 0 aromatic heterocycles. The zero-order valence-corrected chi connectivity index (χ0v) is 28.8. The molecule has 1 saturated heterocycles. The zero-order valence-electron chi connectivity index (χ0n) is 28.0. The third-order valence-corrected chi connectivity index (χ3v) is 12.2. The summed E-state index contributed by atoms with van der Waals surface area (Å²) in [5.41, 5.74) is -3.62. The van der Waals surface area contributed by atoms with Crippen LogP contribution in [0.15, 0.2) is 40.9 Å². The first-order valence-electron chi connectivity index (χ1n) is 17.0. The molecule has 0 unspecified atom stereocenters. The van der Waals surface area contributed by atoms with Crippen LogP contribution in [0.3, 0.4) is 0 Å². The summed E-state index contributed by atoms with van der Waals surface area (Å²) in [6.07, 6.45) is 2.77.